The van der Waals surface area contributed by atoms with Crippen molar-refractivity contribution in [1.29, 1.82) is 0 Å². The van der Waals surface area contributed by atoms with Crippen LogP contribution in [-0.4, -0.2) is 51.0 Å². The van der Waals surface area contributed by atoms with E-state index < -0.39 is 0 Å². The van der Waals surface area contributed by atoms with Crippen LogP contribution in [0.25, 0.3) is 11.3 Å². The molecule has 1 saturated heterocycles. The summed E-state index contributed by atoms with van der Waals surface area (Å²) >= 11 is 0. The van der Waals surface area contributed by atoms with Crippen LogP contribution in [0.2, 0.25) is 0 Å². The third kappa shape index (κ3) is 4.66. The third-order valence-corrected chi connectivity index (χ3v) is 6.21. The number of rotatable bonds is 4. The molecule has 1 aliphatic heterocycles. The van der Waals surface area contributed by atoms with Crippen molar-refractivity contribution in [3.63, 3.8) is 0 Å². The molecule has 2 amide bonds. The molecule has 1 saturated carbocycles. The molecule has 0 radical (unpaired) electrons. The van der Waals surface area contributed by atoms with Gasteiger partial charge in [-0.2, -0.15) is 5.10 Å². The first-order valence-corrected chi connectivity index (χ1v) is 10.7. The minimum Gasteiger partial charge on any atom is -0.353 e. The molecule has 0 aromatic carbocycles. The van der Waals surface area contributed by atoms with Gasteiger partial charge in [-0.15, -0.1) is 0 Å². The number of carbonyl (C=O) groups is 2. The van der Waals surface area contributed by atoms with Crippen molar-refractivity contribution in [3.05, 3.63) is 36.3 Å². The Kier molecular flexibility index (Phi) is 5.92. The van der Waals surface area contributed by atoms with Crippen molar-refractivity contribution >= 4 is 11.8 Å². The summed E-state index contributed by atoms with van der Waals surface area (Å²) in [4.78, 5) is 31.6. The first-order chi connectivity index (χ1) is 14.1. The number of hydrogen-bond donors (Lipinski definition) is 2. The topological polar surface area (TPSA) is 91.0 Å². The summed E-state index contributed by atoms with van der Waals surface area (Å²) in [5, 5.41) is 10.3. The van der Waals surface area contributed by atoms with E-state index in [1.54, 1.807) is 23.4 Å². The normalized spacial score (nSPS) is 24.9. The second kappa shape index (κ2) is 8.76. The van der Waals surface area contributed by atoms with E-state index in [0.717, 1.165) is 37.2 Å². The second-order valence-corrected chi connectivity index (χ2v) is 8.46. The first kappa shape index (κ1) is 19.6. The molecule has 2 fully saturated rings. The molecule has 0 bridgehead atoms. The molecule has 2 aromatic heterocycles. The Labute approximate surface area is 171 Å². The van der Waals surface area contributed by atoms with Crippen molar-refractivity contribution in [2.75, 3.05) is 13.1 Å². The molecule has 3 heterocycles. The molecule has 29 heavy (non-hydrogen) atoms. The highest BCUT2D eigenvalue weighted by Crippen LogP contribution is 2.25. The largest absolute Gasteiger partial charge is 0.353 e. The Hall–Kier alpha value is -2.70. The van der Waals surface area contributed by atoms with Gasteiger partial charge in [-0.1, -0.05) is 6.92 Å². The zero-order valence-corrected chi connectivity index (χ0v) is 16.9. The van der Waals surface area contributed by atoms with E-state index in [1.165, 1.54) is 12.8 Å². The summed E-state index contributed by atoms with van der Waals surface area (Å²) in [6, 6.07) is 5.79. The molecule has 2 N–H and O–H groups in total. The fraction of sp³-hybridized carbons (Fsp3) is 0.545. The Morgan fingerprint density at radius 2 is 2.03 bits per heavy atom. The number of nitrogens with zero attached hydrogens (tertiary/aromatic N) is 3. The molecule has 1 atom stereocenters. The Bertz CT molecular complexity index is 842. The van der Waals surface area contributed by atoms with Crippen molar-refractivity contribution in [3.8, 4) is 11.3 Å². The predicted octanol–water partition coefficient (Wildman–Crippen LogP) is 3.02. The zero-order chi connectivity index (χ0) is 20.2. The number of aromatic nitrogens is 3. The van der Waals surface area contributed by atoms with E-state index in [2.05, 4.69) is 27.4 Å². The van der Waals surface area contributed by atoms with Gasteiger partial charge >= 0.3 is 0 Å². The molecule has 1 unspecified atom stereocenters. The van der Waals surface area contributed by atoms with Gasteiger partial charge in [0.1, 0.15) is 5.69 Å². The average Bonchev–Trinajstić information content (AvgIpc) is 3.26. The number of H-pyrrole nitrogens is 1. The van der Waals surface area contributed by atoms with Crippen LogP contribution in [0, 0.1) is 11.8 Å². The minimum absolute atomic E-state index is 0.0997. The number of pyridine rings is 1. The lowest BCUT2D eigenvalue weighted by molar-refractivity contribution is -0.127. The summed E-state index contributed by atoms with van der Waals surface area (Å²) in [5.74, 6) is 0.629. The quantitative estimate of drug-likeness (QED) is 0.832. The van der Waals surface area contributed by atoms with Crippen molar-refractivity contribution in [2.24, 2.45) is 11.8 Å². The van der Waals surface area contributed by atoms with Crippen LogP contribution in [0.5, 0.6) is 0 Å². The number of nitrogens with one attached hydrogen (secondary N) is 2. The van der Waals surface area contributed by atoms with E-state index in [9.17, 15) is 9.59 Å². The molecule has 2 aromatic rings. The van der Waals surface area contributed by atoms with Crippen molar-refractivity contribution < 1.29 is 9.59 Å². The summed E-state index contributed by atoms with van der Waals surface area (Å²) in [7, 11) is 0. The van der Waals surface area contributed by atoms with Gasteiger partial charge in [0, 0.05) is 37.1 Å². The highest BCUT2D eigenvalue weighted by molar-refractivity contribution is 5.94. The fourth-order valence-corrected chi connectivity index (χ4v) is 4.36. The van der Waals surface area contributed by atoms with E-state index in [0.29, 0.717) is 30.5 Å². The molecule has 4 rings (SSSR count). The van der Waals surface area contributed by atoms with Gasteiger partial charge in [0.15, 0.2) is 0 Å². The maximum absolute atomic E-state index is 12.9. The molecule has 2 aliphatic rings. The summed E-state index contributed by atoms with van der Waals surface area (Å²) in [6.45, 7) is 3.41. The van der Waals surface area contributed by atoms with E-state index in [-0.39, 0.29) is 17.7 Å². The number of carbonyl (C=O) groups excluding carboxylic acids is 2. The van der Waals surface area contributed by atoms with E-state index in [1.807, 2.05) is 12.1 Å². The highest BCUT2D eigenvalue weighted by atomic mass is 16.2. The molecule has 7 heteroatoms. The monoisotopic (exact) mass is 395 g/mol. The molecule has 0 spiro atoms. The van der Waals surface area contributed by atoms with Gasteiger partial charge in [0.2, 0.25) is 5.91 Å². The fourth-order valence-electron chi connectivity index (χ4n) is 4.36. The Morgan fingerprint density at radius 1 is 1.21 bits per heavy atom. The van der Waals surface area contributed by atoms with E-state index >= 15 is 0 Å². The van der Waals surface area contributed by atoms with Crippen molar-refractivity contribution in [1.82, 2.24) is 25.4 Å². The summed E-state index contributed by atoms with van der Waals surface area (Å²) in [5.41, 5.74) is 2.01. The minimum atomic E-state index is -0.132. The highest BCUT2D eigenvalue weighted by Gasteiger charge is 2.31. The SMILES string of the molecule is CC1CCC(NC(=O)C2CCCN(C(=O)c3cc(-c4cccnc4)n[nH]3)C2)CC1. The van der Waals surface area contributed by atoms with Crippen LogP contribution in [0.1, 0.15) is 55.9 Å². The zero-order valence-electron chi connectivity index (χ0n) is 16.9. The van der Waals surface area contributed by atoms with E-state index in [4.69, 9.17) is 0 Å². The lowest BCUT2D eigenvalue weighted by Crippen LogP contribution is -2.48. The van der Waals surface area contributed by atoms with Crippen molar-refractivity contribution in [2.45, 2.75) is 51.5 Å². The number of piperidine rings is 1. The van der Waals surface area contributed by atoms with Gasteiger partial charge in [0.25, 0.3) is 5.91 Å². The van der Waals surface area contributed by atoms with Crippen LogP contribution < -0.4 is 5.32 Å². The molecule has 1 aliphatic carbocycles. The smallest absolute Gasteiger partial charge is 0.271 e. The number of hydrogen-bond acceptors (Lipinski definition) is 4. The van der Waals surface area contributed by atoms with Gasteiger partial charge in [0.05, 0.1) is 11.6 Å². The van der Waals surface area contributed by atoms with Gasteiger partial charge in [-0.25, -0.2) is 0 Å². The first-order valence-electron chi connectivity index (χ1n) is 10.7. The number of likely N-dealkylation sites (tertiary alicyclic amines) is 1. The lowest BCUT2D eigenvalue weighted by Gasteiger charge is -2.33. The molecule has 7 nitrogen and oxygen atoms in total. The second-order valence-electron chi connectivity index (χ2n) is 8.46. The average molecular weight is 396 g/mol. The predicted molar refractivity (Wildman–Crippen MR) is 110 cm³/mol. The van der Waals surface area contributed by atoms with Gasteiger partial charge < -0.3 is 10.2 Å². The van der Waals surface area contributed by atoms with Crippen LogP contribution in [0.15, 0.2) is 30.6 Å². The molecule has 154 valence electrons. The standard InChI is InChI=1S/C22H29N5O2/c1-15-6-8-18(9-7-15)24-21(28)17-5-3-11-27(14-17)22(29)20-12-19(25-26-20)16-4-2-10-23-13-16/h2,4,10,12-13,15,17-18H,3,5-9,11,14H2,1H3,(H,24,28)(H,25,26). The summed E-state index contributed by atoms with van der Waals surface area (Å²) < 4.78 is 0. The lowest BCUT2D eigenvalue weighted by atomic mass is 9.87. The third-order valence-electron chi connectivity index (χ3n) is 6.21. The van der Waals surface area contributed by atoms with Crippen LogP contribution >= 0.6 is 0 Å². The number of amides is 2. The van der Waals surface area contributed by atoms with Crippen LogP contribution in [0.3, 0.4) is 0 Å². The number of aromatic amines is 1. The van der Waals surface area contributed by atoms with Crippen LogP contribution in [0.4, 0.5) is 0 Å². The Balaban J connectivity index is 1.36. The van der Waals surface area contributed by atoms with Crippen LogP contribution in [-0.2, 0) is 4.79 Å². The Morgan fingerprint density at radius 3 is 2.79 bits per heavy atom. The maximum Gasteiger partial charge on any atom is 0.271 e. The maximum atomic E-state index is 12.9. The van der Waals surface area contributed by atoms with Gasteiger partial charge in [-0.3, -0.25) is 19.7 Å². The molecular weight excluding hydrogens is 366 g/mol. The van der Waals surface area contributed by atoms with Gasteiger partial charge in [-0.05, 0) is 62.6 Å². The molecular formula is C22H29N5O2. The summed E-state index contributed by atoms with van der Waals surface area (Å²) in [6.07, 6.45) is 9.59.